The molecule has 1 unspecified atom stereocenters. The van der Waals surface area contributed by atoms with Gasteiger partial charge in [0.1, 0.15) is 5.82 Å². The van der Waals surface area contributed by atoms with E-state index in [-0.39, 0.29) is 11.9 Å². The van der Waals surface area contributed by atoms with E-state index >= 15 is 0 Å². The van der Waals surface area contributed by atoms with E-state index in [1.807, 2.05) is 6.07 Å². The van der Waals surface area contributed by atoms with Gasteiger partial charge in [-0.2, -0.15) is 0 Å². The van der Waals surface area contributed by atoms with Crippen LogP contribution in [0.2, 0.25) is 0 Å². The zero-order valence-electron chi connectivity index (χ0n) is 6.98. The number of rotatable bonds is 0. The highest BCUT2D eigenvalue weighted by Gasteiger charge is 2.19. The molecule has 0 saturated heterocycles. The molecule has 0 spiro atoms. The Morgan fingerprint density at radius 1 is 1.54 bits per heavy atom. The maximum atomic E-state index is 13.4. The second kappa shape index (κ2) is 3.27. The molecule has 3 N–H and O–H groups in total. The lowest BCUT2D eigenvalue weighted by Gasteiger charge is -2.24. The first kappa shape index (κ1) is 8.97. The largest absolute Gasteiger partial charge is 0.382 e. The van der Waals surface area contributed by atoms with Crippen molar-refractivity contribution < 1.29 is 4.39 Å². The van der Waals surface area contributed by atoms with Crippen LogP contribution in [0.1, 0.15) is 18.0 Å². The van der Waals surface area contributed by atoms with E-state index in [1.165, 1.54) is 6.07 Å². The molecular formula is C9H10BrFN2. The number of nitrogens with two attached hydrogens (primary N) is 1. The Bertz CT molecular complexity index is 341. The molecule has 1 aliphatic heterocycles. The number of anilines is 1. The maximum absolute atomic E-state index is 13.4. The van der Waals surface area contributed by atoms with E-state index in [0.29, 0.717) is 5.69 Å². The van der Waals surface area contributed by atoms with Gasteiger partial charge in [-0.05, 0) is 24.1 Å². The van der Waals surface area contributed by atoms with Crippen molar-refractivity contribution in [2.45, 2.75) is 12.5 Å². The molecule has 13 heavy (non-hydrogen) atoms. The number of fused-ring (bicyclic) bond motifs is 1. The van der Waals surface area contributed by atoms with Crippen LogP contribution in [0.4, 0.5) is 10.1 Å². The zero-order chi connectivity index (χ0) is 9.42. The molecule has 70 valence electrons. The molecule has 4 heteroatoms. The summed E-state index contributed by atoms with van der Waals surface area (Å²) in [5.74, 6) is -0.237. The molecule has 0 amide bonds. The fourth-order valence-electron chi connectivity index (χ4n) is 1.58. The minimum atomic E-state index is -0.237. The van der Waals surface area contributed by atoms with Crippen molar-refractivity contribution in [3.8, 4) is 0 Å². The second-order valence-electron chi connectivity index (χ2n) is 3.17. The summed E-state index contributed by atoms with van der Waals surface area (Å²) >= 11 is 3.25. The molecule has 0 aromatic heterocycles. The van der Waals surface area contributed by atoms with Crippen molar-refractivity contribution in [3.63, 3.8) is 0 Å². The molecule has 0 fully saturated rings. The lowest BCUT2D eigenvalue weighted by molar-refractivity contribution is 0.599. The Labute approximate surface area is 84.4 Å². The van der Waals surface area contributed by atoms with E-state index < -0.39 is 0 Å². The molecule has 1 aromatic carbocycles. The summed E-state index contributed by atoms with van der Waals surface area (Å²) in [7, 11) is 0. The summed E-state index contributed by atoms with van der Waals surface area (Å²) in [5, 5.41) is 3.01. The Morgan fingerprint density at radius 2 is 2.31 bits per heavy atom. The number of benzene rings is 1. The van der Waals surface area contributed by atoms with Gasteiger partial charge >= 0.3 is 0 Å². The lowest BCUT2D eigenvalue weighted by atomic mass is 9.99. The second-order valence-corrected chi connectivity index (χ2v) is 4.09. The number of nitrogens with one attached hydrogen (secondary N) is 1. The molecular weight excluding hydrogens is 235 g/mol. The lowest BCUT2D eigenvalue weighted by Crippen LogP contribution is -2.23. The molecule has 0 bridgehead atoms. The van der Waals surface area contributed by atoms with Crippen LogP contribution < -0.4 is 11.1 Å². The number of hydrogen-bond acceptors (Lipinski definition) is 2. The van der Waals surface area contributed by atoms with Gasteiger partial charge in [0, 0.05) is 17.1 Å². The zero-order valence-corrected chi connectivity index (χ0v) is 8.57. The van der Waals surface area contributed by atoms with Gasteiger partial charge < -0.3 is 11.1 Å². The van der Waals surface area contributed by atoms with Gasteiger partial charge in [0.05, 0.1) is 5.69 Å². The van der Waals surface area contributed by atoms with Crippen LogP contribution in [0, 0.1) is 5.82 Å². The van der Waals surface area contributed by atoms with Crippen LogP contribution in [-0.2, 0) is 0 Å². The topological polar surface area (TPSA) is 38.0 Å². The Balaban J connectivity index is 2.56. The van der Waals surface area contributed by atoms with Gasteiger partial charge in [-0.1, -0.05) is 15.9 Å². The molecule has 1 aromatic rings. The van der Waals surface area contributed by atoms with E-state index in [2.05, 4.69) is 21.2 Å². The van der Waals surface area contributed by atoms with E-state index in [9.17, 15) is 4.39 Å². The summed E-state index contributed by atoms with van der Waals surface area (Å²) < 4.78 is 14.1. The van der Waals surface area contributed by atoms with Crippen LogP contribution in [-0.4, -0.2) is 6.54 Å². The van der Waals surface area contributed by atoms with Gasteiger partial charge in [-0.15, -0.1) is 0 Å². The van der Waals surface area contributed by atoms with E-state index in [1.54, 1.807) is 0 Å². The summed E-state index contributed by atoms with van der Waals surface area (Å²) in [6, 6.07) is 3.27. The van der Waals surface area contributed by atoms with Crippen molar-refractivity contribution in [3.05, 3.63) is 28.0 Å². The van der Waals surface area contributed by atoms with Gasteiger partial charge in [-0.25, -0.2) is 4.39 Å². The summed E-state index contributed by atoms with van der Waals surface area (Å²) in [5.41, 5.74) is 7.27. The van der Waals surface area contributed by atoms with Crippen molar-refractivity contribution in [2.24, 2.45) is 5.73 Å². The molecule has 0 aliphatic carbocycles. The molecule has 0 saturated carbocycles. The molecule has 2 nitrogen and oxygen atoms in total. The normalized spacial score (nSPS) is 20.7. The van der Waals surface area contributed by atoms with E-state index in [0.717, 1.165) is 23.0 Å². The average molecular weight is 245 g/mol. The smallest absolute Gasteiger partial charge is 0.147 e. The fourth-order valence-corrected chi connectivity index (χ4v) is 2.03. The first-order valence-corrected chi connectivity index (χ1v) is 4.96. The predicted molar refractivity (Wildman–Crippen MR) is 54.1 cm³/mol. The third kappa shape index (κ3) is 1.56. The van der Waals surface area contributed by atoms with Gasteiger partial charge in [0.2, 0.25) is 0 Å². The minimum Gasteiger partial charge on any atom is -0.382 e. The van der Waals surface area contributed by atoms with Crippen LogP contribution in [0.3, 0.4) is 0 Å². The van der Waals surface area contributed by atoms with Gasteiger partial charge in [-0.3, -0.25) is 0 Å². The first-order chi connectivity index (χ1) is 6.18. The fraction of sp³-hybridized carbons (Fsp3) is 0.333. The quantitative estimate of drug-likeness (QED) is 0.736. The SMILES string of the molecule is NC1CCNc2c(F)cc(Br)cc21. The first-order valence-electron chi connectivity index (χ1n) is 4.17. The highest BCUT2D eigenvalue weighted by atomic mass is 79.9. The van der Waals surface area contributed by atoms with Crippen molar-refractivity contribution in [1.82, 2.24) is 0 Å². The van der Waals surface area contributed by atoms with Crippen molar-refractivity contribution in [2.75, 3.05) is 11.9 Å². The highest BCUT2D eigenvalue weighted by Crippen LogP contribution is 2.32. The molecule has 2 rings (SSSR count). The molecule has 1 aliphatic rings. The standard InChI is InChI=1S/C9H10BrFN2/c10-5-3-6-8(12)1-2-13-9(6)7(11)4-5/h3-4,8,13H,1-2,12H2. The number of hydrogen-bond donors (Lipinski definition) is 2. The third-order valence-electron chi connectivity index (χ3n) is 2.24. The predicted octanol–water partition coefficient (Wildman–Crippen LogP) is 2.40. The Morgan fingerprint density at radius 3 is 3.08 bits per heavy atom. The Kier molecular flexibility index (Phi) is 2.26. The van der Waals surface area contributed by atoms with Crippen molar-refractivity contribution >= 4 is 21.6 Å². The number of halogens is 2. The van der Waals surface area contributed by atoms with Gasteiger partial charge in [0.15, 0.2) is 0 Å². The van der Waals surface area contributed by atoms with Crippen LogP contribution >= 0.6 is 15.9 Å². The van der Waals surface area contributed by atoms with Crippen LogP contribution in [0.15, 0.2) is 16.6 Å². The summed E-state index contributed by atoms with van der Waals surface area (Å²) in [6.45, 7) is 0.743. The third-order valence-corrected chi connectivity index (χ3v) is 2.70. The van der Waals surface area contributed by atoms with Crippen LogP contribution in [0.5, 0.6) is 0 Å². The Hall–Kier alpha value is -0.610. The van der Waals surface area contributed by atoms with Crippen LogP contribution in [0.25, 0.3) is 0 Å². The van der Waals surface area contributed by atoms with Crippen molar-refractivity contribution in [1.29, 1.82) is 0 Å². The molecule has 1 heterocycles. The summed E-state index contributed by atoms with van der Waals surface area (Å²) in [6.07, 6.45) is 0.850. The molecule has 0 radical (unpaired) electrons. The highest BCUT2D eigenvalue weighted by molar-refractivity contribution is 9.10. The minimum absolute atomic E-state index is 0.0525. The average Bonchev–Trinajstić information content (AvgIpc) is 2.07. The van der Waals surface area contributed by atoms with E-state index in [4.69, 9.17) is 5.73 Å². The van der Waals surface area contributed by atoms with Gasteiger partial charge in [0.25, 0.3) is 0 Å². The monoisotopic (exact) mass is 244 g/mol. The molecule has 1 atom stereocenters. The summed E-state index contributed by atoms with van der Waals surface area (Å²) in [4.78, 5) is 0. The maximum Gasteiger partial charge on any atom is 0.147 e.